The Hall–Kier alpha value is -1.55. The molecule has 0 aromatic heterocycles. The van der Waals surface area contributed by atoms with Gasteiger partial charge in [-0.3, -0.25) is 4.79 Å². The van der Waals surface area contributed by atoms with Crippen LogP contribution in [0.15, 0.2) is 18.2 Å². The summed E-state index contributed by atoms with van der Waals surface area (Å²) in [5.74, 6) is 0.616. The summed E-state index contributed by atoms with van der Waals surface area (Å²) in [5, 5.41) is 12.2. The molecule has 2 N–H and O–H groups in total. The molecule has 106 valence electrons. The van der Waals surface area contributed by atoms with Crippen molar-refractivity contribution in [1.29, 1.82) is 0 Å². The second-order valence-corrected chi connectivity index (χ2v) is 5.17. The molecule has 1 amide bonds. The molecule has 0 heterocycles. The Morgan fingerprint density at radius 2 is 2.05 bits per heavy atom. The largest absolute Gasteiger partial charge is 0.484 e. The molecule has 0 bridgehead atoms. The molecule has 0 saturated carbocycles. The maximum atomic E-state index is 11.6. The van der Waals surface area contributed by atoms with Crippen LogP contribution in [0, 0.1) is 19.8 Å². The summed E-state index contributed by atoms with van der Waals surface area (Å²) in [6, 6.07) is 5.82. The van der Waals surface area contributed by atoms with Gasteiger partial charge < -0.3 is 15.2 Å². The van der Waals surface area contributed by atoms with Gasteiger partial charge in [0.1, 0.15) is 5.75 Å². The molecule has 1 unspecified atom stereocenters. The number of benzene rings is 1. The molecule has 4 heteroatoms. The van der Waals surface area contributed by atoms with Crippen LogP contribution in [0.2, 0.25) is 0 Å². The van der Waals surface area contributed by atoms with Crippen molar-refractivity contribution < 1.29 is 14.6 Å². The second kappa shape index (κ2) is 7.14. The third-order valence-electron chi connectivity index (χ3n) is 2.97. The van der Waals surface area contributed by atoms with Crippen molar-refractivity contribution in [3.63, 3.8) is 0 Å². The second-order valence-electron chi connectivity index (χ2n) is 5.17. The first-order valence-electron chi connectivity index (χ1n) is 6.55. The lowest BCUT2D eigenvalue weighted by molar-refractivity contribution is -0.123. The number of hydrogen-bond donors (Lipinski definition) is 2. The van der Waals surface area contributed by atoms with Crippen LogP contribution < -0.4 is 10.1 Å². The normalized spacial score (nSPS) is 12.3. The number of nitrogens with one attached hydrogen (secondary N) is 1. The third kappa shape index (κ3) is 5.30. The van der Waals surface area contributed by atoms with Crippen molar-refractivity contribution in [2.75, 3.05) is 13.2 Å². The van der Waals surface area contributed by atoms with Crippen LogP contribution in [-0.2, 0) is 4.79 Å². The number of aryl methyl sites for hydroxylation is 2. The van der Waals surface area contributed by atoms with Crippen LogP contribution >= 0.6 is 0 Å². The van der Waals surface area contributed by atoms with Crippen LogP contribution in [0.5, 0.6) is 5.75 Å². The summed E-state index contributed by atoms with van der Waals surface area (Å²) in [6.07, 6.45) is -0.523. The lowest BCUT2D eigenvalue weighted by Crippen LogP contribution is -2.37. The molecule has 0 aliphatic heterocycles. The van der Waals surface area contributed by atoms with E-state index in [-0.39, 0.29) is 25.0 Å². The standard InChI is InChI=1S/C15H23NO3/c1-10(2)13(17)8-16-15(18)9-19-14-6-5-11(3)7-12(14)4/h5-7,10,13,17H,8-9H2,1-4H3,(H,16,18). The number of carbonyl (C=O) groups excluding carboxylic acids is 1. The van der Waals surface area contributed by atoms with Crippen molar-refractivity contribution in [2.45, 2.75) is 33.8 Å². The number of carbonyl (C=O) groups is 1. The molecule has 0 spiro atoms. The van der Waals surface area contributed by atoms with Gasteiger partial charge in [0.05, 0.1) is 6.10 Å². The van der Waals surface area contributed by atoms with E-state index in [9.17, 15) is 9.90 Å². The number of hydrogen-bond acceptors (Lipinski definition) is 3. The van der Waals surface area contributed by atoms with Crippen LogP contribution in [0.4, 0.5) is 0 Å². The summed E-state index contributed by atoms with van der Waals surface area (Å²) < 4.78 is 5.45. The Morgan fingerprint density at radius 3 is 2.63 bits per heavy atom. The molecule has 1 atom stereocenters. The molecule has 1 aromatic carbocycles. The van der Waals surface area contributed by atoms with Crippen LogP contribution in [0.25, 0.3) is 0 Å². The average Bonchev–Trinajstić information content (AvgIpc) is 2.34. The summed E-state index contributed by atoms with van der Waals surface area (Å²) in [6.45, 7) is 7.99. The van der Waals surface area contributed by atoms with Crippen molar-refractivity contribution >= 4 is 5.91 Å². The summed E-state index contributed by atoms with van der Waals surface area (Å²) in [4.78, 5) is 11.6. The van der Waals surface area contributed by atoms with Crippen LogP contribution in [0.1, 0.15) is 25.0 Å². The van der Waals surface area contributed by atoms with Crippen molar-refractivity contribution in [2.24, 2.45) is 5.92 Å². The molecule has 4 nitrogen and oxygen atoms in total. The summed E-state index contributed by atoms with van der Waals surface area (Å²) in [7, 11) is 0. The van der Waals surface area contributed by atoms with E-state index in [0.717, 1.165) is 11.1 Å². The van der Waals surface area contributed by atoms with Gasteiger partial charge in [-0.1, -0.05) is 31.5 Å². The zero-order valence-corrected chi connectivity index (χ0v) is 12.1. The van der Waals surface area contributed by atoms with Gasteiger partial charge >= 0.3 is 0 Å². The Balaban J connectivity index is 2.38. The highest BCUT2D eigenvalue weighted by Crippen LogP contribution is 2.18. The Labute approximate surface area is 114 Å². The number of rotatable bonds is 6. The van der Waals surface area contributed by atoms with E-state index < -0.39 is 6.10 Å². The quantitative estimate of drug-likeness (QED) is 0.825. The van der Waals surface area contributed by atoms with Gasteiger partial charge in [-0.2, -0.15) is 0 Å². The van der Waals surface area contributed by atoms with Gasteiger partial charge in [-0.05, 0) is 31.4 Å². The van der Waals surface area contributed by atoms with E-state index in [4.69, 9.17) is 4.74 Å². The summed E-state index contributed by atoms with van der Waals surface area (Å²) in [5.41, 5.74) is 2.17. The van der Waals surface area contributed by atoms with Gasteiger partial charge in [0.2, 0.25) is 0 Å². The van der Waals surface area contributed by atoms with E-state index in [2.05, 4.69) is 5.32 Å². The van der Waals surface area contributed by atoms with Crippen molar-refractivity contribution in [3.05, 3.63) is 29.3 Å². The Kier molecular flexibility index (Phi) is 5.83. The van der Waals surface area contributed by atoms with Crippen LogP contribution in [-0.4, -0.2) is 30.3 Å². The molecule has 0 fully saturated rings. The molecule has 0 saturated heterocycles. The van der Waals surface area contributed by atoms with E-state index in [1.165, 1.54) is 0 Å². The molecular formula is C15H23NO3. The molecule has 0 radical (unpaired) electrons. The van der Waals surface area contributed by atoms with E-state index in [1.807, 2.05) is 45.9 Å². The molecule has 1 rings (SSSR count). The van der Waals surface area contributed by atoms with Crippen LogP contribution in [0.3, 0.4) is 0 Å². The number of ether oxygens (including phenoxy) is 1. The SMILES string of the molecule is Cc1ccc(OCC(=O)NCC(O)C(C)C)c(C)c1. The maximum absolute atomic E-state index is 11.6. The first-order chi connectivity index (χ1) is 8.90. The lowest BCUT2D eigenvalue weighted by atomic mass is 10.1. The highest BCUT2D eigenvalue weighted by Gasteiger charge is 2.11. The van der Waals surface area contributed by atoms with Gasteiger partial charge in [0.15, 0.2) is 6.61 Å². The van der Waals surface area contributed by atoms with Gasteiger partial charge in [0, 0.05) is 6.54 Å². The van der Waals surface area contributed by atoms with Crippen molar-refractivity contribution in [1.82, 2.24) is 5.32 Å². The van der Waals surface area contributed by atoms with Gasteiger partial charge in [0.25, 0.3) is 5.91 Å². The molecule has 1 aromatic rings. The zero-order chi connectivity index (χ0) is 14.4. The number of aliphatic hydroxyl groups is 1. The highest BCUT2D eigenvalue weighted by atomic mass is 16.5. The zero-order valence-electron chi connectivity index (χ0n) is 12.1. The molecule has 0 aliphatic carbocycles. The average molecular weight is 265 g/mol. The minimum atomic E-state index is -0.523. The minimum Gasteiger partial charge on any atom is -0.484 e. The maximum Gasteiger partial charge on any atom is 0.258 e. The fourth-order valence-electron chi connectivity index (χ4n) is 1.61. The van der Waals surface area contributed by atoms with Gasteiger partial charge in [-0.15, -0.1) is 0 Å². The fourth-order valence-corrected chi connectivity index (χ4v) is 1.61. The van der Waals surface area contributed by atoms with E-state index in [0.29, 0.717) is 5.75 Å². The smallest absolute Gasteiger partial charge is 0.258 e. The number of amides is 1. The van der Waals surface area contributed by atoms with E-state index in [1.54, 1.807) is 0 Å². The van der Waals surface area contributed by atoms with Crippen molar-refractivity contribution in [3.8, 4) is 5.75 Å². The highest BCUT2D eigenvalue weighted by molar-refractivity contribution is 5.77. The predicted octanol–water partition coefficient (Wildman–Crippen LogP) is 1.82. The monoisotopic (exact) mass is 265 g/mol. The predicted molar refractivity (Wildman–Crippen MR) is 75.3 cm³/mol. The third-order valence-corrected chi connectivity index (χ3v) is 2.97. The lowest BCUT2D eigenvalue weighted by Gasteiger charge is -2.15. The molecule has 0 aliphatic rings. The summed E-state index contributed by atoms with van der Waals surface area (Å²) >= 11 is 0. The number of aliphatic hydroxyl groups excluding tert-OH is 1. The Bertz CT molecular complexity index is 429. The Morgan fingerprint density at radius 1 is 1.37 bits per heavy atom. The fraction of sp³-hybridized carbons (Fsp3) is 0.533. The minimum absolute atomic E-state index is 0.0330. The van der Waals surface area contributed by atoms with E-state index >= 15 is 0 Å². The molecule has 19 heavy (non-hydrogen) atoms. The first kappa shape index (κ1) is 15.5. The van der Waals surface area contributed by atoms with Gasteiger partial charge in [-0.25, -0.2) is 0 Å². The first-order valence-corrected chi connectivity index (χ1v) is 6.55. The topological polar surface area (TPSA) is 58.6 Å². The molecular weight excluding hydrogens is 242 g/mol.